The molecule has 1 heterocycles. The Balaban J connectivity index is 1.68. The molecule has 0 saturated carbocycles. The second-order valence-corrected chi connectivity index (χ2v) is 6.65. The van der Waals surface area contributed by atoms with Crippen LogP contribution in [0.2, 0.25) is 5.02 Å². The van der Waals surface area contributed by atoms with Gasteiger partial charge in [-0.1, -0.05) is 41.9 Å². The zero-order valence-electron chi connectivity index (χ0n) is 13.0. The fourth-order valence-electron chi connectivity index (χ4n) is 2.24. The number of rotatable bonds is 6. The number of amides is 1. The van der Waals surface area contributed by atoms with Crippen LogP contribution < -0.4 is 10.5 Å². The summed E-state index contributed by atoms with van der Waals surface area (Å²) in [4.78, 5) is 23.5. The van der Waals surface area contributed by atoms with Crippen LogP contribution in [0.15, 0.2) is 48.5 Å². The van der Waals surface area contributed by atoms with Crippen LogP contribution in [0.4, 0.5) is 0 Å². The summed E-state index contributed by atoms with van der Waals surface area (Å²) >= 11 is 7.57. The van der Waals surface area contributed by atoms with E-state index in [1.165, 1.54) is 11.3 Å². The molecule has 0 bridgehead atoms. The number of hydrogen-bond acceptors (Lipinski definition) is 5. The van der Waals surface area contributed by atoms with Crippen molar-refractivity contribution in [3.05, 3.63) is 64.0 Å². The molecular weight excluding hydrogens is 362 g/mol. The lowest BCUT2D eigenvalue weighted by atomic mass is 10.2. The maximum atomic E-state index is 12.3. The topological polar surface area (TPSA) is 78.6 Å². The highest BCUT2D eigenvalue weighted by molar-refractivity contribution is 7.21. The van der Waals surface area contributed by atoms with Crippen LogP contribution in [-0.4, -0.2) is 18.5 Å². The van der Waals surface area contributed by atoms with Crippen molar-refractivity contribution in [3.63, 3.8) is 0 Å². The van der Waals surface area contributed by atoms with Crippen LogP contribution in [0.5, 0.6) is 5.75 Å². The summed E-state index contributed by atoms with van der Waals surface area (Å²) in [6, 6.07) is 14.4. The maximum absolute atomic E-state index is 12.3. The Morgan fingerprint density at radius 3 is 2.68 bits per heavy atom. The number of benzene rings is 2. The molecule has 0 spiro atoms. The summed E-state index contributed by atoms with van der Waals surface area (Å²) in [7, 11) is 0. The molecule has 2 aromatic carbocycles. The number of esters is 1. The van der Waals surface area contributed by atoms with Crippen molar-refractivity contribution in [2.75, 3.05) is 6.61 Å². The SMILES string of the molecule is NC(=O)COc1cccc(COC(=O)c2sc3ccccc3c2Cl)c1. The van der Waals surface area contributed by atoms with E-state index in [-0.39, 0.29) is 13.2 Å². The van der Waals surface area contributed by atoms with Gasteiger partial charge in [0.2, 0.25) is 0 Å². The molecule has 0 aliphatic heterocycles. The van der Waals surface area contributed by atoms with Crippen molar-refractivity contribution in [2.24, 2.45) is 5.73 Å². The van der Waals surface area contributed by atoms with Gasteiger partial charge in [-0.25, -0.2) is 4.79 Å². The Kier molecular flexibility index (Phi) is 5.21. The summed E-state index contributed by atoms with van der Waals surface area (Å²) in [6.07, 6.45) is 0. The second-order valence-electron chi connectivity index (χ2n) is 5.22. The van der Waals surface area contributed by atoms with Crippen molar-refractivity contribution in [3.8, 4) is 5.75 Å². The lowest BCUT2D eigenvalue weighted by Crippen LogP contribution is -2.20. The Labute approximate surface area is 152 Å². The van der Waals surface area contributed by atoms with Gasteiger partial charge < -0.3 is 15.2 Å². The predicted octanol–water partition coefficient (Wildman–Crippen LogP) is 3.78. The van der Waals surface area contributed by atoms with Gasteiger partial charge in [-0.15, -0.1) is 11.3 Å². The maximum Gasteiger partial charge on any atom is 0.350 e. The first-order valence-corrected chi connectivity index (χ1v) is 8.58. The molecule has 0 saturated heterocycles. The van der Waals surface area contributed by atoms with E-state index < -0.39 is 11.9 Å². The van der Waals surface area contributed by atoms with E-state index in [0.717, 1.165) is 15.6 Å². The highest BCUT2D eigenvalue weighted by atomic mass is 35.5. The number of thiophene rings is 1. The van der Waals surface area contributed by atoms with Gasteiger partial charge in [0.15, 0.2) is 6.61 Å². The zero-order chi connectivity index (χ0) is 17.8. The van der Waals surface area contributed by atoms with E-state index in [0.29, 0.717) is 15.6 Å². The molecule has 5 nitrogen and oxygen atoms in total. The average molecular weight is 376 g/mol. The number of carbonyl (C=O) groups is 2. The number of halogens is 1. The van der Waals surface area contributed by atoms with Crippen LogP contribution in [0.1, 0.15) is 15.2 Å². The van der Waals surface area contributed by atoms with Crippen molar-refractivity contribution in [1.82, 2.24) is 0 Å². The molecule has 3 rings (SSSR count). The van der Waals surface area contributed by atoms with Crippen LogP contribution >= 0.6 is 22.9 Å². The minimum atomic E-state index is -0.559. The largest absolute Gasteiger partial charge is 0.484 e. The van der Waals surface area contributed by atoms with Crippen molar-refractivity contribution < 1.29 is 19.1 Å². The quantitative estimate of drug-likeness (QED) is 0.665. The molecule has 1 aromatic heterocycles. The lowest BCUT2D eigenvalue weighted by molar-refractivity contribution is -0.119. The Hall–Kier alpha value is -2.57. The molecule has 128 valence electrons. The lowest BCUT2D eigenvalue weighted by Gasteiger charge is -2.07. The normalized spacial score (nSPS) is 10.6. The monoisotopic (exact) mass is 375 g/mol. The highest BCUT2D eigenvalue weighted by Crippen LogP contribution is 2.35. The molecular formula is C18H14ClNO4S. The standard InChI is InChI=1S/C18H14ClNO4S/c19-16-13-6-1-2-7-14(13)25-17(16)18(22)24-9-11-4-3-5-12(8-11)23-10-15(20)21/h1-8H,9-10H2,(H2,20,21). The van der Waals surface area contributed by atoms with E-state index in [1.807, 2.05) is 24.3 Å². The molecule has 7 heteroatoms. The van der Waals surface area contributed by atoms with E-state index >= 15 is 0 Å². The third-order valence-electron chi connectivity index (χ3n) is 3.37. The second kappa shape index (κ2) is 7.55. The first kappa shape index (κ1) is 17.3. The molecule has 0 atom stereocenters. The van der Waals surface area contributed by atoms with E-state index in [2.05, 4.69) is 0 Å². The van der Waals surface area contributed by atoms with Crippen molar-refractivity contribution >= 4 is 44.9 Å². The molecule has 25 heavy (non-hydrogen) atoms. The van der Waals surface area contributed by atoms with Gasteiger partial charge in [-0.3, -0.25) is 4.79 Å². The van der Waals surface area contributed by atoms with Crippen molar-refractivity contribution in [2.45, 2.75) is 6.61 Å². The number of fused-ring (bicyclic) bond motifs is 1. The van der Waals surface area contributed by atoms with Crippen LogP contribution in [-0.2, 0) is 16.1 Å². The third-order valence-corrected chi connectivity index (χ3v) is 5.03. The summed E-state index contributed by atoms with van der Waals surface area (Å²) in [5, 5.41) is 1.24. The average Bonchev–Trinajstić information content (AvgIpc) is 2.95. The Morgan fingerprint density at radius 2 is 1.92 bits per heavy atom. The van der Waals surface area contributed by atoms with Gasteiger partial charge in [0.05, 0.1) is 5.02 Å². The van der Waals surface area contributed by atoms with Crippen LogP contribution in [0.25, 0.3) is 10.1 Å². The highest BCUT2D eigenvalue weighted by Gasteiger charge is 2.18. The summed E-state index contributed by atoms with van der Waals surface area (Å²) in [5.74, 6) is -0.557. The first-order valence-electron chi connectivity index (χ1n) is 7.39. The van der Waals surface area contributed by atoms with Gasteiger partial charge >= 0.3 is 5.97 Å². The molecule has 1 amide bonds. The van der Waals surface area contributed by atoms with Crippen LogP contribution in [0.3, 0.4) is 0 Å². The summed E-state index contributed by atoms with van der Waals surface area (Å²) in [6.45, 7) is -0.141. The predicted molar refractivity (Wildman–Crippen MR) is 97.1 cm³/mol. The molecule has 0 radical (unpaired) electrons. The molecule has 3 aromatic rings. The molecule has 0 aliphatic rings. The minimum absolute atomic E-state index is 0.0666. The Bertz CT molecular complexity index is 938. The summed E-state index contributed by atoms with van der Waals surface area (Å²) in [5.41, 5.74) is 5.77. The number of hydrogen-bond donors (Lipinski definition) is 1. The molecule has 0 fully saturated rings. The van der Waals surface area contributed by atoms with Gasteiger partial charge in [0, 0.05) is 10.1 Å². The minimum Gasteiger partial charge on any atom is -0.484 e. The zero-order valence-corrected chi connectivity index (χ0v) is 14.6. The number of carbonyl (C=O) groups excluding carboxylic acids is 2. The summed E-state index contributed by atoms with van der Waals surface area (Å²) < 4.78 is 11.5. The molecule has 0 unspecified atom stereocenters. The van der Waals surface area contributed by atoms with E-state index in [9.17, 15) is 9.59 Å². The number of nitrogens with two attached hydrogens (primary N) is 1. The van der Waals surface area contributed by atoms with Gasteiger partial charge in [-0.05, 0) is 23.8 Å². The first-order chi connectivity index (χ1) is 12.0. The fraction of sp³-hybridized carbons (Fsp3) is 0.111. The molecule has 0 aliphatic carbocycles. The van der Waals surface area contributed by atoms with Crippen molar-refractivity contribution in [1.29, 1.82) is 0 Å². The third kappa shape index (κ3) is 4.10. The molecule has 2 N–H and O–H groups in total. The fourth-order valence-corrected chi connectivity index (χ4v) is 3.64. The number of primary amides is 1. The van der Waals surface area contributed by atoms with E-state index in [4.69, 9.17) is 26.8 Å². The smallest absolute Gasteiger partial charge is 0.350 e. The van der Waals surface area contributed by atoms with Gasteiger partial charge in [-0.2, -0.15) is 0 Å². The van der Waals surface area contributed by atoms with E-state index in [1.54, 1.807) is 24.3 Å². The van der Waals surface area contributed by atoms with Gasteiger partial charge in [0.1, 0.15) is 17.2 Å². The van der Waals surface area contributed by atoms with Crippen LogP contribution in [0, 0.1) is 0 Å². The Morgan fingerprint density at radius 1 is 1.12 bits per heavy atom. The number of ether oxygens (including phenoxy) is 2. The van der Waals surface area contributed by atoms with Gasteiger partial charge in [0.25, 0.3) is 5.91 Å².